The van der Waals surface area contributed by atoms with Gasteiger partial charge in [-0.1, -0.05) is 0 Å². The van der Waals surface area contributed by atoms with Gasteiger partial charge >= 0.3 is 6.11 Å². The van der Waals surface area contributed by atoms with Crippen molar-refractivity contribution in [2.75, 3.05) is 0 Å². The van der Waals surface area contributed by atoms with Crippen LogP contribution in [0.15, 0.2) is 0 Å². The number of phosphoric acid groups is 1. The second-order valence-corrected chi connectivity index (χ2v) is 3.14. The van der Waals surface area contributed by atoms with E-state index in [2.05, 4.69) is 9.05 Å². The molecular formula is C3H4F2O4P-. The average Bonchev–Trinajstić information content (AvgIpc) is 1.73. The maximum absolute atomic E-state index is 12.1. The molecule has 1 aliphatic rings. The van der Waals surface area contributed by atoms with Gasteiger partial charge in [0, 0.05) is 0 Å². The highest BCUT2D eigenvalue weighted by atomic mass is 31.2. The Balaban J connectivity index is 2.81. The van der Waals surface area contributed by atoms with Gasteiger partial charge in [-0.15, -0.1) is 0 Å². The molecule has 2 unspecified atom stereocenters. The summed E-state index contributed by atoms with van der Waals surface area (Å²) in [4.78, 5) is 10.2. The van der Waals surface area contributed by atoms with E-state index in [9.17, 15) is 18.2 Å². The topological polar surface area (TPSA) is 58.6 Å². The largest absolute Gasteiger partial charge is 0.756 e. The molecule has 60 valence electrons. The van der Waals surface area contributed by atoms with Crippen molar-refractivity contribution in [3.8, 4) is 0 Å². The molecule has 0 spiro atoms. The van der Waals surface area contributed by atoms with Crippen LogP contribution in [0.1, 0.15) is 6.92 Å². The van der Waals surface area contributed by atoms with Crippen molar-refractivity contribution >= 4 is 7.82 Å². The van der Waals surface area contributed by atoms with E-state index in [1.807, 2.05) is 0 Å². The molecule has 1 rings (SSSR count). The molecule has 1 heterocycles. The fourth-order valence-corrected chi connectivity index (χ4v) is 1.50. The summed E-state index contributed by atoms with van der Waals surface area (Å²) in [5.74, 6) is 0. The van der Waals surface area contributed by atoms with Gasteiger partial charge in [0.05, 0.1) is 0 Å². The molecule has 0 aromatic carbocycles. The summed E-state index contributed by atoms with van der Waals surface area (Å²) < 4.78 is 41.5. The quantitative estimate of drug-likeness (QED) is 0.500. The van der Waals surface area contributed by atoms with Crippen molar-refractivity contribution in [1.82, 2.24) is 0 Å². The van der Waals surface area contributed by atoms with Crippen molar-refractivity contribution in [3.05, 3.63) is 0 Å². The van der Waals surface area contributed by atoms with E-state index < -0.39 is 20.0 Å². The molecule has 1 saturated heterocycles. The minimum atomic E-state index is -4.72. The van der Waals surface area contributed by atoms with Crippen LogP contribution in [0.5, 0.6) is 0 Å². The lowest BCUT2D eigenvalue weighted by molar-refractivity contribution is -0.238. The Labute approximate surface area is 55.4 Å². The van der Waals surface area contributed by atoms with E-state index in [4.69, 9.17) is 0 Å². The molecule has 0 bridgehead atoms. The Kier molecular flexibility index (Phi) is 1.60. The van der Waals surface area contributed by atoms with Crippen molar-refractivity contribution in [1.29, 1.82) is 0 Å². The lowest BCUT2D eigenvalue weighted by Gasteiger charge is -2.12. The van der Waals surface area contributed by atoms with Gasteiger partial charge in [-0.3, -0.25) is 9.09 Å². The smallest absolute Gasteiger partial charge is 0.388 e. The molecule has 0 aromatic rings. The monoisotopic (exact) mass is 173 g/mol. The molecule has 1 fully saturated rings. The molecule has 0 N–H and O–H groups in total. The third-order valence-corrected chi connectivity index (χ3v) is 2.04. The molecule has 1 aliphatic heterocycles. The molecule has 0 amide bonds. The predicted molar refractivity (Wildman–Crippen MR) is 24.2 cm³/mol. The summed E-state index contributed by atoms with van der Waals surface area (Å²) in [7, 11) is -4.72. The normalized spacial score (nSPS) is 45.8. The summed E-state index contributed by atoms with van der Waals surface area (Å²) >= 11 is 0. The first-order chi connectivity index (χ1) is 4.33. The third-order valence-electron chi connectivity index (χ3n) is 0.994. The zero-order chi connectivity index (χ0) is 7.99. The zero-order valence-electron chi connectivity index (χ0n) is 4.91. The van der Waals surface area contributed by atoms with Crippen LogP contribution in [0.25, 0.3) is 0 Å². The second kappa shape index (κ2) is 1.98. The van der Waals surface area contributed by atoms with Gasteiger partial charge in [0.15, 0.2) is 6.10 Å². The van der Waals surface area contributed by atoms with E-state index in [1.165, 1.54) is 0 Å². The minimum Gasteiger partial charge on any atom is -0.756 e. The van der Waals surface area contributed by atoms with E-state index >= 15 is 0 Å². The molecule has 10 heavy (non-hydrogen) atoms. The lowest BCUT2D eigenvalue weighted by atomic mass is 10.4. The van der Waals surface area contributed by atoms with Crippen molar-refractivity contribution in [2.24, 2.45) is 0 Å². The number of alkyl halides is 2. The minimum absolute atomic E-state index is 0.914. The number of rotatable bonds is 0. The van der Waals surface area contributed by atoms with Gasteiger partial charge < -0.3 is 9.42 Å². The zero-order valence-corrected chi connectivity index (χ0v) is 5.81. The summed E-state index contributed by atoms with van der Waals surface area (Å²) in [6, 6.07) is 0. The highest BCUT2D eigenvalue weighted by Gasteiger charge is 2.50. The molecule has 4 nitrogen and oxygen atoms in total. The van der Waals surface area contributed by atoms with E-state index in [-0.39, 0.29) is 0 Å². The first-order valence-electron chi connectivity index (χ1n) is 2.41. The van der Waals surface area contributed by atoms with Crippen LogP contribution < -0.4 is 4.89 Å². The third kappa shape index (κ3) is 1.34. The number of phosphoric ester groups is 1. The molecule has 0 radical (unpaired) electrons. The standard InChI is InChI=1S/C3H5F2O4P/c1-2-3(4,5)9-10(6,7)8-2/h2H,1H3,(H,6,7)/p-1. The van der Waals surface area contributed by atoms with Crippen LogP contribution in [0.2, 0.25) is 0 Å². The summed E-state index contributed by atoms with van der Waals surface area (Å²) in [5, 5.41) is 0. The fraction of sp³-hybridized carbons (Fsp3) is 1.00. The highest BCUT2D eigenvalue weighted by Crippen LogP contribution is 2.54. The van der Waals surface area contributed by atoms with Crippen LogP contribution in [0.4, 0.5) is 8.78 Å². The van der Waals surface area contributed by atoms with Gasteiger partial charge in [0.25, 0.3) is 7.82 Å². The van der Waals surface area contributed by atoms with E-state index in [0.29, 0.717) is 0 Å². The molecule has 0 saturated carbocycles. The van der Waals surface area contributed by atoms with Crippen molar-refractivity contribution in [2.45, 2.75) is 19.1 Å². The average molecular weight is 173 g/mol. The maximum Gasteiger partial charge on any atom is 0.388 e. The van der Waals surface area contributed by atoms with Crippen LogP contribution in [0, 0.1) is 0 Å². The molecule has 7 heteroatoms. The maximum atomic E-state index is 12.1. The lowest BCUT2D eigenvalue weighted by Crippen LogP contribution is -2.26. The van der Waals surface area contributed by atoms with Crippen LogP contribution in [0.3, 0.4) is 0 Å². The first kappa shape index (κ1) is 8.07. The Morgan fingerprint density at radius 3 is 2.30 bits per heavy atom. The van der Waals surface area contributed by atoms with Crippen molar-refractivity contribution < 1.29 is 27.3 Å². The Morgan fingerprint density at radius 1 is 1.70 bits per heavy atom. The summed E-state index contributed by atoms with van der Waals surface area (Å²) in [5.41, 5.74) is 0. The number of hydrogen-bond acceptors (Lipinski definition) is 4. The van der Waals surface area contributed by atoms with Crippen LogP contribution >= 0.6 is 7.82 Å². The Hall–Kier alpha value is -0.0300. The second-order valence-electron chi connectivity index (χ2n) is 1.85. The van der Waals surface area contributed by atoms with E-state index in [1.54, 1.807) is 0 Å². The summed E-state index contributed by atoms with van der Waals surface area (Å²) in [6.45, 7) is 0.914. The SMILES string of the molecule is CC1OP(=O)([O-])OC1(F)F. The van der Waals surface area contributed by atoms with Crippen LogP contribution in [-0.4, -0.2) is 12.2 Å². The van der Waals surface area contributed by atoms with Gasteiger partial charge in [-0.2, -0.15) is 8.78 Å². The molecular weight excluding hydrogens is 169 g/mol. The van der Waals surface area contributed by atoms with E-state index in [0.717, 1.165) is 6.92 Å². The van der Waals surface area contributed by atoms with Gasteiger partial charge in [-0.05, 0) is 6.92 Å². The number of hydrogen-bond donors (Lipinski definition) is 0. The molecule has 0 aliphatic carbocycles. The van der Waals surface area contributed by atoms with Gasteiger partial charge in [-0.25, -0.2) is 0 Å². The first-order valence-corrected chi connectivity index (χ1v) is 3.87. The van der Waals surface area contributed by atoms with Crippen molar-refractivity contribution in [3.63, 3.8) is 0 Å². The molecule has 0 aromatic heterocycles. The van der Waals surface area contributed by atoms with Crippen LogP contribution in [-0.2, 0) is 13.6 Å². The fourth-order valence-electron chi connectivity index (χ4n) is 0.500. The van der Waals surface area contributed by atoms with Gasteiger partial charge in [0.2, 0.25) is 0 Å². The molecule has 2 atom stereocenters. The number of halogens is 2. The highest BCUT2D eigenvalue weighted by molar-refractivity contribution is 7.46. The Morgan fingerprint density at radius 2 is 2.20 bits per heavy atom. The predicted octanol–water partition coefficient (Wildman–Crippen LogP) is 0.483. The summed E-state index contributed by atoms with van der Waals surface area (Å²) in [6.07, 6.45) is -5.44. The van der Waals surface area contributed by atoms with Gasteiger partial charge in [0.1, 0.15) is 0 Å². The Bertz CT molecular complexity index is 193.